The predicted octanol–water partition coefficient (Wildman–Crippen LogP) is 4.04. The van der Waals surface area contributed by atoms with Gasteiger partial charge in [-0.2, -0.15) is 0 Å². The van der Waals surface area contributed by atoms with Gasteiger partial charge in [-0.3, -0.25) is 9.52 Å². The van der Waals surface area contributed by atoms with Crippen LogP contribution >= 0.6 is 0 Å². The molecule has 0 aliphatic rings. The number of hydrogen-bond donors (Lipinski definition) is 3. The van der Waals surface area contributed by atoms with Gasteiger partial charge in [0.15, 0.2) is 0 Å². The first-order valence-corrected chi connectivity index (χ1v) is 11.7. The van der Waals surface area contributed by atoms with Crippen LogP contribution in [-0.2, 0) is 10.0 Å². The van der Waals surface area contributed by atoms with Crippen molar-refractivity contribution >= 4 is 27.3 Å². The third-order valence-electron chi connectivity index (χ3n) is 4.85. The first-order valence-electron chi connectivity index (χ1n) is 10.2. The normalized spacial score (nSPS) is 10.9. The molecular formula is C24H27N3O4S. The van der Waals surface area contributed by atoms with Gasteiger partial charge in [0.25, 0.3) is 15.9 Å². The van der Waals surface area contributed by atoms with E-state index < -0.39 is 10.0 Å². The largest absolute Gasteiger partial charge is 0.497 e. The smallest absolute Gasteiger partial charge is 0.261 e. The second kappa shape index (κ2) is 10.7. The van der Waals surface area contributed by atoms with Gasteiger partial charge in [-0.05, 0) is 67.4 Å². The molecule has 0 saturated heterocycles. The summed E-state index contributed by atoms with van der Waals surface area (Å²) in [4.78, 5) is 12.7. The van der Waals surface area contributed by atoms with E-state index in [1.807, 2.05) is 30.3 Å². The first kappa shape index (κ1) is 23.1. The number of anilines is 2. The molecule has 1 amide bonds. The fraction of sp³-hybridized carbons (Fsp3) is 0.208. The summed E-state index contributed by atoms with van der Waals surface area (Å²) in [6.45, 7) is 2.96. The number of carbonyl (C=O) groups excluding carboxylic acids is 1. The van der Waals surface area contributed by atoms with Crippen LogP contribution in [0.3, 0.4) is 0 Å². The fourth-order valence-electron chi connectivity index (χ4n) is 3.06. The number of sulfonamides is 1. The number of hydrogen-bond acceptors (Lipinski definition) is 5. The Balaban J connectivity index is 1.60. The van der Waals surface area contributed by atoms with E-state index in [4.69, 9.17) is 4.74 Å². The van der Waals surface area contributed by atoms with Gasteiger partial charge < -0.3 is 15.4 Å². The van der Waals surface area contributed by atoms with Crippen LogP contribution in [0.2, 0.25) is 0 Å². The van der Waals surface area contributed by atoms with Gasteiger partial charge in [0.2, 0.25) is 0 Å². The second-order valence-electron chi connectivity index (χ2n) is 7.21. The van der Waals surface area contributed by atoms with Crippen molar-refractivity contribution in [2.45, 2.75) is 18.2 Å². The summed E-state index contributed by atoms with van der Waals surface area (Å²) in [6, 6.07) is 20.9. The monoisotopic (exact) mass is 453 g/mol. The van der Waals surface area contributed by atoms with Gasteiger partial charge in [0.1, 0.15) is 5.75 Å². The lowest BCUT2D eigenvalue weighted by molar-refractivity contribution is 0.0952. The summed E-state index contributed by atoms with van der Waals surface area (Å²) in [7, 11) is -2.31. The van der Waals surface area contributed by atoms with Gasteiger partial charge in [-0.1, -0.05) is 24.3 Å². The Bertz CT molecular complexity index is 1150. The SMILES string of the molecule is COc1ccc(NS(=O)(=O)c2ccc(C)c(C(=O)NCCCNc3ccccc3)c2)cc1. The molecule has 7 nitrogen and oxygen atoms in total. The average molecular weight is 454 g/mol. The zero-order valence-corrected chi connectivity index (χ0v) is 18.9. The fourth-order valence-corrected chi connectivity index (χ4v) is 4.14. The van der Waals surface area contributed by atoms with Crippen LogP contribution in [-0.4, -0.2) is 34.5 Å². The number of ether oxygens (including phenoxy) is 1. The van der Waals surface area contributed by atoms with Crippen LogP contribution in [0, 0.1) is 6.92 Å². The molecular weight excluding hydrogens is 426 g/mol. The number of benzene rings is 3. The lowest BCUT2D eigenvalue weighted by Gasteiger charge is -2.12. The van der Waals surface area contributed by atoms with Crippen LogP contribution in [0.1, 0.15) is 22.3 Å². The topological polar surface area (TPSA) is 96.5 Å². The van der Waals surface area contributed by atoms with Crippen molar-refractivity contribution in [3.63, 3.8) is 0 Å². The summed E-state index contributed by atoms with van der Waals surface area (Å²) >= 11 is 0. The summed E-state index contributed by atoms with van der Waals surface area (Å²) in [5, 5.41) is 6.14. The molecule has 0 atom stereocenters. The molecule has 168 valence electrons. The highest BCUT2D eigenvalue weighted by atomic mass is 32.2. The van der Waals surface area contributed by atoms with Crippen molar-refractivity contribution in [2.75, 3.05) is 30.2 Å². The van der Waals surface area contributed by atoms with Gasteiger partial charge in [0.05, 0.1) is 12.0 Å². The molecule has 3 aromatic carbocycles. The maximum atomic E-state index is 12.8. The van der Waals surface area contributed by atoms with Crippen molar-refractivity contribution in [3.8, 4) is 5.75 Å². The van der Waals surface area contributed by atoms with E-state index in [2.05, 4.69) is 15.4 Å². The van der Waals surface area contributed by atoms with E-state index in [1.54, 1.807) is 37.3 Å². The molecule has 0 aliphatic carbocycles. The van der Waals surface area contributed by atoms with Gasteiger partial charge in [-0.15, -0.1) is 0 Å². The molecule has 32 heavy (non-hydrogen) atoms. The summed E-state index contributed by atoms with van der Waals surface area (Å²) in [6.07, 6.45) is 0.733. The number of rotatable bonds is 10. The van der Waals surface area contributed by atoms with Gasteiger partial charge >= 0.3 is 0 Å². The van der Waals surface area contributed by atoms with E-state index in [9.17, 15) is 13.2 Å². The van der Waals surface area contributed by atoms with Crippen LogP contribution in [0.25, 0.3) is 0 Å². The maximum Gasteiger partial charge on any atom is 0.261 e. The molecule has 0 fully saturated rings. The molecule has 0 aromatic heterocycles. The van der Waals surface area contributed by atoms with Crippen molar-refractivity contribution in [3.05, 3.63) is 83.9 Å². The van der Waals surface area contributed by atoms with Crippen molar-refractivity contribution in [2.24, 2.45) is 0 Å². The highest BCUT2D eigenvalue weighted by Crippen LogP contribution is 2.21. The number of methoxy groups -OCH3 is 1. The molecule has 0 unspecified atom stereocenters. The van der Waals surface area contributed by atoms with E-state index in [0.29, 0.717) is 35.7 Å². The number of para-hydroxylation sites is 1. The van der Waals surface area contributed by atoms with Crippen LogP contribution in [0.15, 0.2) is 77.7 Å². The Morgan fingerprint density at radius 1 is 0.906 bits per heavy atom. The Morgan fingerprint density at radius 3 is 2.31 bits per heavy atom. The zero-order valence-electron chi connectivity index (χ0n) is 18.1. The number of carbonyl (C=O) groups is 1. The third-order valence-corrected chi connectivity index (χ3v) is 6.23. The standard InChI is InChI=1S/C24H27N3O4S/c1-18-9-14-22(32(29,30)27-20-10-12-21(31-2)13-11-20)17-23(18)24(28)26-16-6-15-25-19-7-4-3-5-8-19/h3-5,7-14,17,25,27H,6,15-16H2,1-2H3,(H,26,28). The first-order chi connectivity index (χ1) is 15.4. The zero-order chi connectivity index (χ0) is 23.0. The molecule has 0 spiro atoms. The molecule has 3 N–H and O–H groups in total. The predicted molar refractivity (Wildman–Crippen MR) is 127 cm³/mol. The Labute approximate surface area is 188 Å². The van der Waals surface area contributed by atoms with Crippen LogP contribution < -0.4 is 20.1 Å². The highest BCUT2D eigenvalue weighted by molar-refractivity contribution is 7.92. The second-order valence-corrected chi connectivity index (χ2v) is 8.90. The summed E-state index contributed by atoms with van der Waals surface area (Å²) in [5.74, 6) is 0.324. The molecule has 3 aromatic rings. The number of nitrogens with one attached hydrogen (secondary N) is 3. The Hall–Kier alpha value is -3.52. The van der Waals surface area contributed by atoms with Gasteiger partial charge in [0, 0.05) is 30.0 Å². The average Bonchev–Trinajstić information content (AvgIpc) is 2.80. The van der Waals surface area contributed by atoms with Crippen molar-refractivity contribution in [1.29, 1.82) is 0 Å². The molecule has 0 radical (unpaired) electrons. The van der Waals surface area contributed by atoms with Crippen molar-refractivity contribution < 1.29 is 17.9 Å². The quantitative estimate of drug-likeness (QED) is 0.403. The lowest BCUT2D eigenvalue weighted by atomic mass is 10.1. The maximum absolute atomic E-state index is 12.8. The molecule has 0 bridgehead atoms. The van der Waals surface area contributed by atoms with Crippen LogP contribution in [0.4, 0.5) is 11.4 Å². The minimum Gasteiger partial charge on any atom is -0.497 e. The number of aryl methyl sites for hydroxylation is 1. The molecule has 0 saturated carbocycles. The third kappa shape index (κ3) is 6.24. The minimum absolute atomic E-state index is 0.0230. The van der Waals surface area contributed by atoms with E-state index in [0.717, 1.165) is 12.1 Å². The van der Waals surface area contributed by atoms with Crippen molar-refractivity contribution in [1.82, 2.24) is 5.32 Å². The van der Waals surface area contributed by atoms with E-state index in [1.165, 1.54) is 19.2 Å². The summed E-state index contributed by atoms with van der Waals surface area (Å²) < 4.78 is 33.2. The lowest BCUT2D eigenvalue weighted by Crippen LogP contribution is -2.27. The Morgan fingerprint density at radius 2 is 1.62 bits per heavy atom. The van der Waals surface area contributed by atoms with E-state index in [-0.39, 0.29) is 10.8 Å². The van der Waals surface area contributed by atoms with E-state index >= 15 is 0 Å². The molecule has 0 heterocycles. The van der Waals surface area contributed by atoms with Gasteiger partial charge in [-0.25, -0.2) is 8.42 Å². The molecule has 8 heteroatoms. The summed E-state index contributed by atoms with van der Waals surface area (Å²) in [5.41, 5.74) is 2.46. The number of amides is 1. The molecule has 3 rings (SSSR count). The molecule has 0 aliphatic heterocycles. The minimum atomic E-state index is -3.85. The highest BCUT2D eigenvalue weighted by Gasteiger charge is 2.18. The van der Waals surface area contributed by atoms with Crippen LogP contribution in [0.5, 0.6) is 5.75 Å². The Kier molecular flexibility index (Phi) is 7.72.